The molecular formula is C14H18FNO. The van der Waals surface area contributed by atoms with Crippen LogP contribution in [0.3, 0.4) is 0 Å². The van der Waals surface area contributed by atoms with Crippen molar-refractivity contribution in [3.8, 4) is 0 Å². The number of hydrogen-bond donors (Lipinski definition) is 1. The van der Waals surface area contributed by atoms with Crippen molar-refractivity contribution in [2.24, 2.45) is 0 Å². The third-order valence-electron chi connectivity index (χ3n) is 4.35. The molecule has 0 saturated carbocycles. The molecule has 2 fully saturated rings. The molecule has 2 saturated heterocycles. The molecule has 92 valence electrons. The fourth-order valence-corrected chi connectivity index (χ4v) is 3.37. The van der Waals surface area contributed by atoms with Crippen LogP contribution in [0.4, 0.5) is 4.39 Å². The molecule has 1 aromatic rings. The van der Waals surface area contributed by atoms with Gasteiger partial charge < -0.3 is 5.11 Å². The Hall–Kier alpha value is -0.930. The molecule has 17 heavy (non-hydrogen) atoms. The zero-order valence-corrected chi connectivity index (χ0v) is 10.1. The maximum atomic E-state index is 13.3. The van der Waals surface area contributed by atoms with E-state index >= 15 is 0 Å². The Kier molecular flexibility index (Phi) is 2.49. The molecule has 1 N–H and O–H groups in total. The number of aryl methyl sites for hydroxylation is 1. The smallest absolute Gasteiger partial charge is 0.126 e. The van der Waals surface area contributed by atoms with Crippen LogP contribution in [0.1, 0.15) is 30.4 Å². The molecule has 0 aromatic heterocycles. The molecule has 2 unspecified atom stereocenters. The average Bonchev–Trinajstić information content (AvgIpc) is 2.88. The Bertz CT molecular complexity index is 448. The van der Waals surface area contributed by atoms with Crippen molar-refractivity contribution >= 4 is 0 Å². The summed E-state index contributed by atoms with van der Waals surface area (Å²) in [4.78, 5) is 2.36. The van der Waals surface area contributed by atoms with Crippen molar-refractivity contribution in [3.63, 3.8) is 0 Å². The zero-order chi connectivity index (χ0) is 12.0. The third kappa shape index (κ3) is 1.60. The van der Waals surface area contributed by atoms with Crippen molar-refractivity contribution in [3.05, 3.63) is 35.1 Å². The first-order chi connectivity index (χ1) is 8.11. The SMILES string of the molecule is Cc1cc(C2(O)CCN3CCCC32)ccc1F. The van der Waals surface area contributed by atoms with Crippen LogP contribution in [0.2, 0.25) is 0 Å². The summed E-state index contributed by atoms with van der Waals surface area (Å²) in [7, 11) is 0. The second-order valence-corrected chi connectivity index (χ2v) is 5.33. The van der Waals surface area contributed by atoms with E-state index in [0.29, 0.717) is 5.56 Å². The Morgan fingerprint density at radius 1 is 1.41 bits per heavy atom. The number of hydrogen-bond acceptors (Lipinski definition) is 2. The normalized spacial score (nSPS) is 33.0. The van der Waals surface area contributed by atoms with Gasteiger partial charge in [0.1, 0.15) is 11.4 Å². The number of aliphatic hydroxyl groups is 1. The van der Waals surface area contributed by atoms with Crippen molar-refractivity contribution in [1.82, 2.24) is 4.90 Å². The summed E-state index contributed by atoms with van der Waals surface area (Å²) in [5, 5.41) is 10.9. The van der Waals surface area contributed by atoms with Crippen molar-refractivity contribution in [2.45, 2.75) is 37.8 Å². The quantitative estimate of drug-likeness (QED) is 0.806. The topological polar surface area (TPSA) is 23.5 Å². The number of nitrogens with zero attached hydrogens (tertiary/aromatic N) is 1. The van der Waals surface area contributed by atoms with Gasteiger partial charge >= 0.3 is 0 Å². The summed E-state index contributed by atoms with van der Waals surface area (Å²) in [6, 6.07) is 5.24. The number of benzene rings is 1. The Morgan fingerprint density at radius 3 is 3.00 bits per heavy atom. The highest BCUT2D eigenvalue weighted by Gasteiger charge is 2.48. The van der Waals surface area contributed by atoms with E-state index in [2.05, 4.69) is 4.90 Å². The van der Waals surface area contributed by atoms with Gasteiger partial charge in [0.15, 0.2) is 0 Å². The van der Waals surface area contributed by atoms with Gasteiger partial charge in [-0.3, -0.25) is 4.90 Å². The first-order valence-electron chi connectivity index (χ1n) is 6.34. The molecule has 0 aliphatic carbocycles. The van der Waals surface area contributed by atoms with E-state index in [9.17, 15) is 9.50 Å². The summed E-state index contributed by atoms with van der Waals surface area (Å²) < 4.78 is 13.3. The molecule has 1 aromatic carbocycles. The van der Waals surface area contributed by atoms with Gasteiger partial charge in [0.2, 0.25) is 0 Å². The zero-order valence-electron chi connectivity index (χ0n) is 10.1. The molecule has 3 heteroatoms. The van der Waals surface area contributed by atoms with Crippen LogP contribution in [0.5, 0.6) is 0 Å². The van der Waals surface area contributed by atoms with Gasteiger partial charge in [-0.05, 0) is 49.9 Å². The number of rotatable bonds is 1. The monoisotopic (exact) mass is 235 g/mol. The number of fused-ring (bicyclic) bond motifs is 1. The fourth-order valence-electron chi connectivity index (χ4n) is 3.37. The first kappa shape index (κ1) is 11.2. The Morgan fingerprint density at radius 2 is 2.24 bits per heavy atom. The first-order valence-corrected chi connectivity index (χ1v) is 6.34. The molecule has 0 bridgehead atoms. The maximum absolute atomic E-state index is 13.3. The molecule has 2 atom stereocenters. The lowest BCUT2D eigenvalue weighted by atomic mass is 9.84. The van der Waals surface area contributed by atoms with Gasteiger partial charge in [-0.25, -0.2) is 4.39 Å². The minimum Gasteiger partial charge on any atom is -0.383 e. The summed E-state index contributed by atoms with van der Waals surface area (Å²) in [6.07, 6.45) is 2.98. The van der Waals surface area contributed by atoms with Gasteiger partial charge in [-0.1, -0.05) is 12.1 Å². The van der Waals surface area contributed by atoms with Gasteiger partial charge in [-0.2, -0.15) is 0 Å². The maximum Gasteiger partial charge on any atom is 0.126 e. The molecule has 0 radical (unpaired) electrons. The van der Waals surface area contributed by atoms with Gasteiger partial charge in [-0.15, -0.1) is 0 Å². The Labute approximate surface area is 101 Å². The van der Waals surface area contributed by atoms with E-state index < -0.39 is 5.60 Å². The molecule has 2 aliphatic heterocycles. The average molecular weight is 235 g/mol. The lowest BCUT2D eigenvalue weighted by Crippen LogP contribution is -2.38. The van der Waals surface area contributed by atoms with Crippen LogP contribution in [-0.4, -0.2) is 29.1 Å². The molecule has 2 aliphatic rings. The number of halogens is 1. The second kappa shape index (κ2) is 3.79. The molecule has 2 heterocycles. The van der Waals surface area contributed by atoms with E-state index in [1.807, 2.05) is 0 Å². The van der Waals surface area contributed by atoms with Crippen molar-refractivity contribution < 1.29 is 9.50 Å². The molecule has 0 amide bonds. The second-order valence-electron chi connectivity index (χ2n) is 5.33. The highest BCUT2D eigenvalue weighted by atomic mass is 19.1. The highest BCUT2D eigenvalue weighted by Crippen LogP contribution is 2.43. The van der Waals surface area contributed by atoms with Gasteiger partial charge in [0.25, 0.3) is 0 Å². The van der Waals surface area contributed by atoms with Crippen LogP contribution in [0.15, 0.2) is 18.2 Å². The van der Waals surface area contributed by atoms with Crippen molar-refractivity contribution in [1.29, 1.82) is 0 Å². The summed E-state index contributed by atoms with van der Waals surface area (Å²) in [5.74, 6) is -0.196. The minimum atomic E-state index is -0.769. The predicted octanol–water partition coefficient (Wildman–Crippen LogP) is 2.19. The Balaban J connectivity index is 1.99. The van der Waals surface area contributed by atoms with Crippen LogP contribution in [0, 0.1) is 12.7 Å². The van der Waals surface area contributed by atoms with Crippen LogP contribution in [-0.2, 0) is 5.60 Å². The van der Waals surface area contributed by atoms with Crippen molar-refractivity contribution in [2.75, 3.05) is 13.1 Å². The lowest BCUT2D eigenvalue weighted by molar-refractivity contribution is 0.00927. The third-order valence-corrected chi connectivity index (χ3v) is 4.35. The van der Waals surface area contributed by atoms with Gasteiger partial charge in [0, 0.05) is 12.6 Å². The fraction of sp³-hybridized carbons (Fsp3) is 0.571. The van der Waals surface area contributed by atoms with Crippen LogP contribution >= 0.6 is 0 Å². The van der Waals surface area contributed by atoms with E-state index in [1.54, 1.807) is 19.1 Å². The summed E-state index contributed by atoms with van der Waals surface area (Å²) >= 11 is 0. The molecule has 2 nitrogen and oxygen atoms in total. The predicted molar refractivity (Wildman–Crippen MR) is 64.2 cm³/mol. The van der Waals surface area contributed by atoms with E-state index in [1.165, 1.54) is 6.07 Å². The highest BCUT2D eigenvalue weighted by molar-refractivity contribution is 5.31. The summed E-state index contributed by atoms with van der Waals surface area (Å²) in [5.41, 5.74) is 0.729. The van der Waals surface area contributed by atoms with E-state index in [-0.39, 0.29) is 11.9 Å². The van der Waals surface area contributed by atoms with E-state index in [4.69, 9.17) is 0 Å². The lowest BCUT2D eigenvalue weighted by Gasteiger charge is -2.30. The standard InChI is InChI=1S/C14H18FNO/c1-10-9-11(4-5-12(10)15)14(17)6-8-16-7-2-3-13(14)16/h4-5,9,13,17H,2-3,6-8H2,1H3. The van der Waals surface area contributed by atoms with Crippen LogP contribution < -0.4 is 0 Å². The van der Waals surface area contributed by atoms with Crippen LogP contribution in [0.25, 0.3) is 0 Å². The summed E-state index contributed by atoms with van der Waals surface area (Å²) in [6.45, 7) is 3.80. The van der Waals surface area contributed by atoms with E-state index in [0.717, 1.165) is 37.9 Å². The molecule has 3 rings (SSSR count). The largest absolute Gasteiger partial charge is 0.383 e. The van der Waals surface area contributed by atoms with Gasteiger partial charge in [0.05, 0.1) is 0 Å². The minimum absolute atomic E-state index is 0.196. The molecule has 0 spiro atoms. The molecular weight excluding hydrogens is 217 g/mol.